The second kappa shape index (κ2) is 9.44. The van der Waals surface area contributed by atoms with E-state index >= 15 is 0 Å². The minimum absolute atomic E-state index is 0.887. The van der Waals surface area contributed by atoms with Crippen LogP contribution in [-0.4, -0.2) is 29.3 Å². The lowest BCUT2D eigenvalue weighted by atomic mass is 10.1. The van der Waals surface area contributed by atoms with Gasteiger partial charge in [-0.1, -0.05) is 59.9 Å². The molecule has 0 atom stereocenters. The Kier molecular flexibility index (Phi) is 5.27. The van der Waals surface area contributed by atoms with E-state index in [4.69, 9.17) is 0 Å². The fraction of sp³-hybridized carbons (Fsp3) is 0. The van der Waals surface area contributed by atoms with E-state index in [0.717, 1.165) is 54.6 Å². The molecule has 0 radical (unpaired) electrons. The summed E-state index contributed by atoms with van der Waals surface area (Å²) in [6.07, 6.45) is 7.42. The van der Waals surface area contributed by atoms with E-state index in [2.05, 4.69) is 126 Å². The lowest BCUT2D eigenvalue weighted by molar-refractivity contribution is 1.10. The number of para-hydroxylation sites is 2. The highest BCUT2D eigenvalue weighted by molar-refractivity contribution is 7.17. The molecule has 4 aromatic carbocycles. The van der Waals surface area contributed by atoms with Crippen molar-refractivity contribution in [2.75, 3.05) is 0 Å². The first-order valence-electron chi connectivity index (χ1n) is 14.0. The summed E-state index contributed by atoms with van der Waals surface area (Å²) in [4.78, 5) is 8.75. The molecule has 43 heavy (non-hydrogen) atoms. The smallest absolute Gasteiger partial charge is 0.148 e. The SMILES string of the molecule is c1cncc(-n2c3ccccc3c3cc(-c4nnc(-c5ccc6c7ccccc7n(-c7cccnc7)c6c5)s4)ccc32)c1. The van der Waals surface area contributed by atoms with Crippen molar-refractivity contribution in [3.8, 4) is 32.5 Å². The molecule has 0 saturated heterocycles. The van der Waals surface area contributed by atoms with Crippen molar-refractivity contribution in [2.24, 2.45) is 0 Å². The Bertz CT molecular complexity index is 2460. The molecule has 0 aliphatic heterocycles. The number of hydrogen-bond donors (Lipinski definition) is 0. The van der Waals surface area contributed by atoms with Gasteiger partial charge in [-0.15, -0.1) is 10.2 Å². The first-order valence-corrected chi connectivity index (χ1v) is 14.9. The number of benzene rings is 4. The van der Waals surface area contributed by atoms with Crippen molar-refractivity contribution in [3.63, 3.8) is 0 Å². The predicted molar refractivity (Wildman–Crippen MR) is 175 cm³/mol. The molecule has 0 fully saturated rings. The van der Waals surface area contributed by atoms with E-state index in [1.54, 1.807) is 23.7 Å². The van der Waals surface area contributed by atoms with Gasteiger partial charge in [-0.2, -0.15) is 0 Å². The van der Waals surface area contributed by atoms with Gasteiger partial charge in [-0.3, -0.25) is 9.97 Å². The van der Waals surface area contributed by atoms with Gasteiger partial charge in [0.15, 0.2) is 0 Å². The Morgan fingerprint density at radius 1 is 0.442 bits per heavy atom. The van der Waals surface area contributed by atoms with Gasteiger partial charge in [0.25, 0.3) is 0 Å². The van der Waals surface area contributed by atoms with E-state index in [0.29, 0.717) is 0 Å². The minimum Gasteiger partial charge on any atom is -0.308 e. The predicted octanol–water partition coefficient (Wildman–Crippen LogP) is 8.86. The maximum Gasteiger partial charge on any atom is 0.148 e. The topological polar surface area (TPSA) is 61.4 Å². The summed E-state index contributed by atoms with van der Waals surface area (Å²) in [5.41, 5.74) is 8.72. The molecule has 0 aliphatic carbocycles. The fourth-order valence-electron chi connectivity index (χ4n) is 6.19. The standard InChI is InChI=1S/C36H22N6S/c1-3-11-31-27(9-1)29-15-13-24(20-34(29)42(31)26-8-6-18-38-22-26)36-40-39-35(43-36)23-14-16-33-30(19-23)28-10-2-4-12-32(28)41(33)25-7-5-17-37-21-25/h1-22H. The summed E-state index contributed by atoms with van der Waals surface area (Å²) in [6, 6.07) is 38.3. The summed E-state index contributed by atoms with van der Waals surface area (Å²) >= 11 is 1.61. The molecule has 0 amide bonds. The Hall–Kier alpha value is -5.66. The van der Waals surface area contributed by atoms with E-state index in [-0.39, 0.29) is 0 Å². The van der Waals surface area contributed by atoms with E-state index in [9.17, 15) is 0 Å². The highest BCUT2D eigenvalue weighted by Crippen LogP contribution is 2.38. The van der Waals surface area contributed by atoms with Gasteiger partial charge in [0.1, 0.15) is 10.0 Å². The van der Waals surface area contributed by atoms with Crippen LogP contribution >= 0.6 is 11.3 Å². The van der Waals surface area contributed by atoms with Gasteiger partial charge in [0, 0.05) is 45.1 Å². The maximum atomic E-state index is 4.65. The average Bonchev–Trinajstić information content (AvgIpc) is 3.78. The van der Waals surface area contributed by atoms with Crippen LogP contribution in [0.3, 0.4) is 0 Å². The van der Waals surface area contributed by atoms with Crippen LogP contribution < -0.4 is 0 Å². The molecule has 0 aliphatic rings. The summed E-state index contributed by atoms with van der Waals surface area (Å²) in [5, 5.41) is 15.9. The van der Waals surface area contributed by atoms with E-state index < -0.39 is 0 Å². The van der Waals surface area contributed by atoms with E-state index in [1.165, 1.54) is 21.5 Å². The number of pyridine rings is 2. The van der Waals surface area contributed by atoms with Crippen LogP contribution in [0, 0.1) is 0 Å². The highest BCUT2D eigenvalue weighted by Gasteiger charge is 2.17. The normalized spacial score (nSPS) is 11.7. The van der Waals surface area contributed by atoms with Crippen LogP contribution in [0.15, 0.2) is 134 Å². The van der Waals surface area contributed by atoms with Crippen molar-refractivity contribution in [3.05, 3.63) is 134 Å². The van der Waals surface area contributed by atoms with Crippen molar-refractivity contribution < 1.29 is 0 Å². The minimum atomic E-state index is 0.887. The van der Waals surface area contributed by atoms with Gasteiger partial charge >= 0.3 is 0 Å². The molecule has 0 spiro atoms. The molecule has 9 aromatic rings. The van der Waals surface area contributed by atoms with Crippen molar-refractivity contribution >= 4 is 54.9 Å². The van der Waals surface area contributed by atoms with Crippen LogP contribution in [0.5, 0.6) is 0 Å². The quantitative estimate of drug-likeness (QED) is 0.212. The van der Waals surface area contributed by atoms with Gasteiger partial charge in [0.05, 0.1) is 45.8 Å². The number of rotatable bonds is 4. The van der Waals surface area contributed by atoms with E-state index in [1.807, 2.05) is 24.5 Å². The van der Waals surface area contributed by atoms with Gasteiger partial charge < -0.3 is 9.13 Å². The lowest BCUT2D eigenvalue weighted by Gasteiger charge is -2.07. The first kappa shape index (κ1) is 24.0. The Morgan fingerprint density at radius 2 is 0.977 bits per heavy atom. The van der Waals surface area contributed by atoms with Gasteiger partial charge in [-0.25, -0.2) is 0 Å². The lowest BCUT2D eigenvalue weighted by Crippen LogP contribution is -1.94. The number of hydrogen-bond acceptors (Lipinski definition) is 5. The molecule has 0 bridgehead atoms. The molecule has 0 unspecified atom stereocenters. The second-order valence-corrected chi connectivity index (χ2v) is 11.5. The molecule has 0 N–H and O–H groups in total. The molecule has 9 rings (SSSR count). The number of fused-ring (bicyclic) bond motifs is 6. The Labute approximate surface area is 250 Å². The van der Waals surface area contributed by atoms with Crippen LogP contribution in [0.2, 0.25) is 0 Å². The maximum absolute atomic E-state index is 4.65. The van der Waals surface area contributed by atoms with Gasteiger partial charge in [-0.05, 0) is 60.7 Å². The Balaban J connectivity index is 1.17. The third-order valence-corrected chi connectivity index (χ3v) is 9.09. The molecule has 5 aromatic heterocycles. The molecule has 202 valence electrons. The first-order chi connectivity index (χ1) is 21.3. The van der Waals surface area contributed by atoms with Crippen molar-refractivity contribution in [1.29, 1.82) is 0 Å². The van der Waals surface area contributed by atoms with Crippen molar-refractivity contribution in [1.82, 2.24) is 29.3 Å². The molecular weight excluding hydrogens is 549 g/mol. The van der Waals surface area contributed by atoms with Crippen molar-refractivity contribution in [2.45, 2.75) is 0 Å². The zero-order valence-electron chi connectivity index (χ0n) is 22.8. The Morgan fingerprint density at radius 3 is 1.63 bits per heavy atom. The third-order valence-electron chi connectivity index (χ3n) is 8.07. The largest absolute Gasteiger partial charge is 0.308 e. The summed E-state index contributed by atoms with van der Waals surface area (Å²) in [5.74, 6) is 0. The molecule has 0 saturated carbocycles. The fourth-order valence-corrected chi connectivity index (χ4v) is 7.03. The average molecular weight is 571 g/mol. The summed E-state index contributed by atoms with van der Waals surface area (Å²) < 4.78 is 4.54. The molecule has 6 nitrogen and oxygen atoms in total. The van der Waals surface area contributed by atoms with Crippen LogP contribution in [0.1, 0.15) is 0 Å². The highest BCUT2D eigenvalue weighted by atomic mass is 32.1. The molecular formula is C36H22N6S. The zero-order chi connectivity index (χ0) is 28.3. The summed E-state index contributed by atoms with van der Waals surface area (Å²) in [7, 11) is 0. The second-order valence-electron chi connectivity index (χ2n) is 10.5. The molecule has 5 heterocycles. The number of nitrogens with zero attached hydrogens (tertiary/aromatic N) is 6. The van der Waals surface area contributed by atoms with Gasteiger partial charge in [0.2, 0.25) is 0 Å². The third kappa shape index (κ3) is 3.72. The summed E-state index contributed by atoms with van der Waals surface area (Å²) in [6.45, 7) is 0. The number of aromatic nitrogens is 6. The zero-order valence-corrected chi connectivity index (χ0v) is 23.6. The van der Waals surface area contributed by atoms with Crippen LogP contribution in [0.4, 0.5) is 0 Å². The molecule has 7 heteroatoms. The van der Waals surface area contributed by atoms with Crippen LogP contribution in [0.25, 0.3) is 76.1 Å². The van der Waals surface area contributed by atoms with Crippen LogP contribution in [-0.2, 0) is 0 Å². The monoisotopic (exact) mass is 570 g/mol.